The molecular weight excluding hydrogens is 294 g/mol. The van der Waals surface area contributed by atoms with Crippen LogP contribution in [0.25, 0.3) is 0 Å². The zero-order valence-electron chi connectivity index (χ0n) is 10.9. The molecule has 1 heterocycles. The highest BCUT2D eigenvalue weighted by molar-refractivity contribution is 9.10. The Morgan fingerprint density at radius 1 is 1.50 bits per heavy atom. The number of halogens is 1. The van der Waals surface area contributed by atoms with Crippen molar-refractivity contribution in [2.45, 2.75) is 38.8 Å². The molecule has 0 spiro atoms. The molecule has 1 aromatic carbocycles. The molecule has 1 aliphatic heterocycles. The van der Waals surface area contributed by atoms with Crippen LogP contribution in [0.15, 0.2) is 22.7 Å². The summed E-state index contributed by atoms with van der Waals surface area (Å²) in [6.45, 7) is 6.72. The molecule has 0 saturated carbocycles. The number of aryl methyl sites for hydroxylation is 1. The van der Waals surface area contributed by atoms with E-state index in [9.17, 15) is 4.79 Å². The number of carbonyl (C=O) groups is 1. The molecule has 1 saturated heterocycles. The van der Waals surface area contributed by atoms with Crippen LogP contribution in [0.2, 0.25) is 0 Å². The van der Waals surface area contributed by atoms with Crippen LogP contribution in [0.3, 0.4) is 0 Å². The van der Waals surface area contributed by atoms with E-state index in [4.69, 9.17) is 4.74 Å². The Morgan fingerprint density at radius 3 is 2.78 bits per heavy atom. The highest BCUT2D eigenvalue weighted by atomic mass is 79.9. The second-order valence-electron chi connectivity index (χ2n) is 5.15. The van der Waals surface area contributed by atoms with Gasteiger partial charge in [0.15, 0.2) is 0 Å². The molecule has 1 aromatic rings. The Hall–Kier alpha value is -0.870. The van der Waals surface area contributed by atoms with Gasteiger partial charge in [0, 0.05) is 16.6 Å². The maximum atomic E-state index is 12.3. The van der Waals surface area contributed by atoms with Crippen LogP contribution in [0.1, 0.15) is 36.2 Å². The average Bonchev–Trinajstić information content (AvgIpc) is 2.57. The molecular formula is C14H18BrNO2. The van der Waals surface area contributed by atoms with Crippen molar-refractivity contribution in [3.8, 4) is 0 Å². The summed E-state index contributed by atoms with van der Waals surface area (Å²) in [6, 6.07) is 5.72. The molecule has 1 amide bonds. The third kappa shape index (κ3) is 2.75. The molecule has 98 valence electrons. The largest absolute Gasteiger partial charge is 0.376 e. The van der Waals surface area contributed by atoms with Gasteiger partial charge >= 0.3 is 0 Å². The number of ether oxygens (including phenoxy) is 1. The quantitative estimate of drug-likeness (QED) is 0.911. The fraction of sp³-hybridized carbons (Fsp3) is 0.500. The molecule has 4 heteroatoms. The van der Waals surface area contributed by atoms with Crippen molar-refractivity contribution in [2.24, 2.45) is 0 Å². The first-order valence-electron chi connectivity index (χ1n) is 6.12. The second-order valence-corrected chi connectivity index (χ2v) is 6.07. The van der Waals surface area contributed by atoms with Crippen molar-refractivity contribution < 1.29 is 9.53 Å². The maximum Gasteiger partial charge on any atom is 0.251 e. The first-order valence-corrected chi connectivity index (χ1v) is 6.91. The van der Waals surface area contributed by atoms with Gasteiger partial charge in [0.1, 0.15) is 0 Å². The molecule has 0 aliphatic carbocycles. The summed E-state index contributed by atoms with van der Waals surface area (Å²) in [7, 11) is 0. The van der Waals surface area contributed by atoms with Crippen LogP contribution >= 0.6 is 15.9 Å². The van der Waals surface area contributed by atoms with Gasteiger partial charge in [-0.1, -0.05) is 15.9 Å². The maximum absolute atomic E-state index is 12.3. The number of amides is 1. The third-order valence-electron chi connectivity index (χ3n) is 3.59. The summed E-state index contributed by atoms with van der Waals surface area (Å²) in [5.74, 6) is -0.0424. The molecule has 1 aliphatic rings. The van der Waals surface area contributed by atoms with Gasteiger partial charge in [0.2, 0.25) is 0 Å². The summed E-state index contributed by atoms with van der Waals surface area (Å²) in [5.41, 5.74) is 1.48. The van der Waals surface area contributed by atoms with E-state index in [1.54, 1.807) is 0 Å². The SMILES string of the molecule is Cc1cc(Br)cc(C(=O)NC2(C)CCOC2C)c1. The molecule has 1 fully saturated rings. The lowest BCUT2D eigenvalue weighted by molar-refractivity contribution is 0.0727. The molecule has 2 rings (SSSR count). The van der Waals surface area contributed by atoms with Crippen LogP contribution in [0.5, 0.6) is 0 Å². The zero-order chi connectivity index (χ0) is 13.3. The van der Waals surface area contributed by atoms with Crippen molar-refractivity contribution in [3.63, 3.8) is 0 Å². The Bertz CT molecular complexity index is 455. The number of carbonyl (C=O) groups excluding carboxylic acids is 1. The number of benzene rings is 1. The van der Waals surface area contributed by atoms with E-state index in [0.717, 1.165) is 16.5 Å². The first kappa shape index (κ1) is 13.6. The minimum atomic E-state index is -0.271. The Morgan fingerprint density at radius 2 is 2.22 bits per heavy atom. The second kappa shape index (κ2) is 5.02. The normalized spacial score (nSPS) is 27.2. The summed E-state index contributed by atoms with van der Waals surface area (Å²) in [4.78, 5) is 12.3. The lowest BCUT2D eigenvalue weighted by Gasteiger charge is -2.29. The first-order chi connectivity index (χ1) is 8.40. The van der Waals surface area contributed by atoms with Crippen LogP contribution in [-0.4, -0.2) is 24.2 Å². The molecule has 0 bridgehead atoms. The van der Waals surface area contributed by atoms with Gasteiger partial charge in [-0.25, -0.2) is 0 Å². The summed E-state index contributed by atoms with van der Waals surface area (Å²) in [5, 5.41) is 3.09. The predicted molar refractivity (Wildman–Crippen MR) is 74.8 cm³/mol. The number of hydrogen-bond donors (Lipinski definition) is 1. The Balaban J connectivity index is 2.17. The monoisotopic (exact) mass is 311 g/mol. The molecule has 2 unspecified atom stereocenters. The fourth-order valence-electron chi connectivity index (χ4n) is 2.20. The van der Waals surface area contributed by atoms with E-state index in [2.05, 4.69) is 21.2 Å². The smallest absolute Gasteiger partial charge is 0.251 e. The number of rotatable bonds is 2. The van der Waals surface area contributed by atoms with Crippen LogP contribution in [0, 0.1) is 6.92 Å². The molecule has 0 aromatic heterocycles. The molecule has 0 radical (unpaired) electrons. The highest BCUT2D eigenvalue weighted by Gasteiger charge is 2.38. The van der Waals surface area contributed by atoms with Gasteiger partial charge in [-0.15, -0.1) is 0 Å². The topological polar surface area (TPSA) is 38.3 Å². The minimum absolute atomic E-state index is 0.0424. The van der Waals surface area contributed by atoms with Crippen LogP contribution in [0.4, 0.5) is 0 Å². The zero-order valence-corrected chi connectivity index (χ0v) is 12.5. The predicted octanol–water partition coefficient (Wildman–Crippen LogP) is 3.05. The Labute approximate surface area is 116 Å². The van der Waals surface area contributed by atoms with Crippen molar-refractivity contribution in [3.05, 3.63) is 33.8 Å². The van der Waals surface area contributed by atoms with Crippen molar-refractivity contribution in [2.75, 3.05) is 6.61 Å². The highest BCUT2D eigenvalue weighted by Crippen LogP contribution is 2.26. The van der Waals surface area contributed by atoms with Crippen molar-refractivity contribution in [1.82, 2.24) is 5.32 Å². The van der Waals surface area contributed by atoms with Crippen LogP contribution < -0.4 is 5.32 Å². The molecule has 1 N–H and O–H groups in total. The number of nitrogens with one attached hydrogen (secondary N) is 1. The van der Waals surface area contributed by atoms with Gasteiger partial charge < -0.3 is 10.1 Å². The fourth-order valence-corrected chi connectivity index (χ4v) is 2.81. The lowest BCUT2D eigenvalue weighted by Crippen LogP contribution is -2.50. The average molecular weight is 312 g/mol. The van der Waals surface area contributed by atoms with E-state index < -0.39 is 0 Å². The van der Waals surface area contributed by atoms with Gasteiger partial charge in [-0.05, 0) is 51.0 Å². The Kier molecular flexibility index (Phi) is 3.78. The summed E-state index contributed by atoms with van der Waals surface area (Å²) < 4.78 is 6.45. The summed E-state index contributed by atoms with van der Waals surface area (Å²) in [6.07, 6.45) is 0.905. The van der Waals surface area contributed by atoms with Crippen molar-refractivity contribution >= 4 is 21.8 Å². The van der Waals surface area contributed by atoms with Crippen molar-refractivity contribution in [1.29, 1.82) is 0 Å². The lowest BCUT2D eigenvalue weighted by atomic mass is 9.94. The van der Waals surface area contributed by atoms with Gasteiger partial charge in [0.25, 0.3) is 5.91 Å². The van der Waals surface area contributed by atoms with E-state index in [0.29, 0.717) is 12.2 Å². The van der Waals surface area contributed by atoms with E-state index in [1.807, 2.05) is 39.0 Å². The molecule has 18 heavy (non-hydrogen) atoms. The van der Waals surface area contributed by atoms with Gasteiger partial charge in [-0.3, -0.25) is 4.79 Å². The summed E-state index contributed by atoms with van der Waals surface area (Å²) >= 11 is 3.41. The van der Waals surface area contributed by atoms with E-state index in [-0.39, 0.29) is 17.6 Å². The molecule has 3 nitrogen and oxygen atoms in total. The van der Waals surface area contributed by atoms with E-state index in [1.165, 1.54) is 0 Å². The third-order valence-corrected chi connectivity index (χ3v) is 4.05. The minimum Gasteiger partial charge on any atom is -0.376 e. The number of hydrogen-bond acceptors (Lipinski definition) is 2. The van der Waals surface area contributed by atoms with Gasteiger partial charge in [0.05, 0.1) is 11.6 Å². The standard InChI is InChI=1S/C14H18BrNO2/c1-9-6-11(8-12(15)7-9)13(17)16-14(3)4-5-18-10(14)2/h6-8,10H,4-5H2,1-3H3,(H,16,17). The van der Waals surface area contributed by atoms with Gasteiger partial charge in [-0.2, -0.15) is 0 Å². The van der Waals surface area contributed by atoms with E-state index >= 15 is 0 Å². The molecule has 2 atom stereocenters. The van der Waals surface area contributed by atoms with Crippen LogP contribution in [-0.2, 0) is 4.74 Å².